The number of nitrogens with two attached hydrogens (primary N) is 1. The Bertz CT molecular complexity index is 752. The molecule has 1 aromatic rings. The molecule has 2 saturated carbocycles. The molecule has 2 aliphatic rings. The first-order valence-electron chi connectivity index (χ1n) is 11.5. The van der Waals surface area contributed by atoms with Crippen LogP contribution in [0.4, 0.5) is 0 Å². The maximum atomic E-state index is 12.5. The molecule has 6 nitrogen and oxygen atoms in total. The minimum Gasteiger partial charge on any atom is -0.460 e. The summed E-state index contributed by atoms with van der Waals surface area (Å²) in [4.78, 5) is 24.0. The average Bonchev–Trinajstić information content (AvgIpc) is 3.31. The Hall–Kier alpha value is -1.85. The van der Waals surface area contributed by atoms with Gasteiger partial charge in [-0.2, -0.15) is 0 Å². The predicted octanol–water partition coefficient (Wildman–Crippen LogP) is 5.17. The molecule has 0 saturated heterocycles. The fourth-order valence-corrected chi connectivity index (χ4v) is 4.74. The van der Waals surface area contributed by atoms with Gasteiger partial charge in [0, 0.05) is 23.8 Å². The Labute approximate surface area is 180 Å². The lowest BCUT2D eigenvalue weighted by Crippen LogP contribution is -2.26. The van der Waals surface area contributed by atoms with Crippen molar-refractivity contribution in [2.75, 3.05) is 0 Å². The van der Waals surface area contributed by atoms with Crippen molar-refractivity contribution in [3.63, 3.8) is 0 Å². The van der Waals surface area contributed by atoms with Crippen LogP contribution in [0.2, 0.25) is 0 Å². The summed E-state index contributed by atoms with van der Waals surface area (Å²) in [6, 6.07) is 0. The van der Waals surface area contributed by atoms with Gasteiger partial charge in [0.25, 0.3) is 0 Å². The van der Waals surface area contributed by atoms with Gasteiger partial charge in [0.1, 0.15) is 11.4 Å². The molecular formula is C24H38N2O4. The minimum atomic E-state index is -0.545. The van der Waals surface area contributed by atoms with E-state index in [1.54, 1.807) is 0 Å². The van der Waals surface area contributed by atoms with Crippen molar-refractivity contribution in [1.82, 2.24) is 5.16 Å². The van der Waals surface area contributed by atoms with Gasteiger partial charge in [0.15, 0.2) is 0 Å². The summed E-state index contributed by atoms with van der Waals surface area (Å²) >= 11 is 0. The van der Waals surface area contributed by atoms with Gasteiger partial charge in [-0.15, -0.1) is 0 Å². The lowest BCUT2D eigenvalue weighted by atomic mass is 9.69. The molecule has 1 aromatic heterocycles. The van der Waals surface area contributed by atoms with Crippen LogP contribution in [0.15, 0.2) is 4.52 Å². The Kier molecular flexibility index (Phi) is 6.93. The number of carbonyl (C=O) groups excluding carboxylic acids is 2. The largest absolute Gasteiger partial charge is 0.460 e. The standard InChI is InChI=1S/C24H38N2O4/c1-14(2)10-15-11-18(12-15)23-21(16-6-7-16)22(26-30-23)17(8-9-19(25)27)13-20(28)29-24(3,4)5/h14-18H,6-13H2,1-5H3,(H2,25,27)/t15-,17-,18+/m0/s1. The van der Waals surface area contributed by atoms with Crippen molar-refractivity contribution >= 4 is 11.9 Å². The van der Waals surface area contributed by atoms with Crippen molar-refractivity contribution in [2.24, 2.45) is 17.6 Å². The summed E-state index contributed by atoms with van der Waals surface area (Å²) in [6.45, 7) is 10.1. The highest BCUT2D eigenvalue weighted by Crippen LogP contribution is 2.52. The molecule has 2 aliphatic carbocycles. The van der Waals surface area contributed by atoms with Gasteiger partial charge in [0.2, 0.25) is 5.91 Å². The quantitative estimate of drug-likeness (QED) is 0.529. The summed E-state index contributed by atoms with van der Waals surface area (Å²) in [7, 11) is 0. The smallest absolute Gasteiger partial charge is 0.306 e. The molecule has 1 atom stereocenters. The Morgan fingerprint density at radius 1 is 1.20 bits per heavy atom. The first kappa shape index (κ1) is 22.8. The van der Waals surface area contributed by atoms with Gasteiger partial charge in [-0.3, -0.25) is 9.59 Å². The third-order valence-electron chi connectivity index (χ3n) is 6.14. The topological polar surface area (TPSA) is 95.4 Å². The molecule has 168 valence electrons. The second-order valence-corrected chi connectivity index (χ2v) is 10.8. The van der Waals surface area contributed by atoms with E-state index in [1.807, 2.05) is 20.8 Å². The molecule has 0 radical (unpaired) electrons. The monoisotopic (exact) mass is 418 g/mol. The molecular weight excluding hydrogens is 380 g/mol. The third kappa shape index (κ3) is 6.08. The molecule has 0 bridgehead atoms. The first-order chi connectivity index (χ1) is 14.0. The molecule has 2 fully saturated rings. The van der Waals surface area contributed by atoms with Crippen LogP contribution in [0.3, 0.4) is 0 Å². The van der Waals surface area contributed by atoms with E-state index in [-0.39, 0.29) is 30.6 Å². The van der Waals surface area contributed by atoms with Crippen molar-refractivity contribution in [1.29, 1.82) is 0 Å². The second kappa shape index (κ2) is 9.11. The highest BCUT2D eigenvalue weighted by atomic mass is 16.6. The maximum Gasteiger partial charge on any atom is 0.306 e. The van der Waals surface area contributed by atoms with Crippen molar-refractivity contribution in [3.05, 3.63) is 17.0 Å². The number of nitrogens with zero attached hydrogens (tertiary/aromatic N) is 1. The van der Waals surface area contributed by atoms with Gasteiger partial charge in [-0.1, -0.05) is 19.0 Å². The number of aromatic nitrogens is 1. The van der Waals surface area contributed by atoms with E-state index in [0.29, 0.717) is 18.3 Å². The summed E-state index contributed by atoms with van der Waals surface area (Å²) in [6.07, 6.45) is 6.75. The zero-order valence-electron chi connectivity index (χ0n) is 19.2. The van der Waals surface area contributed by atoms with Crippen molar-refractivity contribution in [2.45, 2.75) is 109 Å². The number of esters is 1. The normalized spacial score (nSPS) is 22.6. The van der Waals surface area contributed by atoms with Crippen LogP contribution in [-0.2, 0) is 14.3 Å². The molecule has 6 heteroatoms. The molecule has 1 heterocycles. The van der Waals surface area contributed by atoms with Crippen LogP contribution in [0.5, 0.6) is 0 Å². The van der Waals surface area contributed by atoms with Gasteiger partial charge < -0.3 is 15.0 Å². The highest BCUT2D eigenvalue weighted by Gasteiger charge is 2.41. The van der Waals surface area contributed by atoms with Crippen LogP contribution in [0.25, 0.3) is 0 Å². The molecule has 0 aromatic carbocycles. The Balaban J connectivity index is 1.78. The molecule has 1 amide bonds. The summed E-state index contributed by atoms with van der Waals surface area (Å²) < 4.78 is 11.4. The van der Waals surface area contributed by atoms with E-state index >= 15 is 0 Å². The minimum absolute atomic E-state index is 0.191. The zero-order valence-corrected chi connectivity index (χ0v) is 19.2. The number of amides is 1. The van der Waals surface area contributed by atoms with Crippen LogP contribution in [0.1, 0.15) is 121 Å². The number of hydrogen-bond donors (Lipinski definition) is 1. The molecule has 0 unspecified atom stereocenters. The second-order valence-electron chi connectivity index (χ2n) is 10.8. The van der Waals surface area contributed by atoms with E-state index < -0.39 is 5.60 Å². The Morgan fingerprint density at radius 3 is 2.40 bits per heavy atom. The number of ether oxygens (including phenoxy) is 1. The van der Waals surface area contributed by atoms with Crippen molar-refractivity contribution in [3.8, 4) is 0 Å². The van der Waals surface area contributed by atoms with Gasteiger partial charge in [-0.25, -0.2) is 0 Å². The molecule has 3 rings (SSSR count). The number of primary amides is 1. The highest BCUT2D eigenvalue weighted by molar-refractivity contribution is 5.74. The van der Waals surface area contributed by atoms with Crippen LogP contribution in [-0.4, -0.2) is 22.6 Å². The molecule has 0 spiro atoms. The number of hydrogen-bond acceptors (Lipinski definition) is 5. The first-order valence-corrected chi connectivity index (χ1v) is 11.5. The fraction of sp³-hybridized carbons (Fsp3) is 0.792. The van der Waals surface area contributed by atoms with Crippen molar-refractivity contribution < 1.29 is 18.8 Å². The van der Waals surface area contributed by atoms with E-state index in [4.69, 9.17) is 15.0 Å². The predicted molar refractivity (Wildman–Crippen MR) is 115 cm³/mol. The SMILES string of the molecule is CC(C)C[C@H]1C[C@@H](c2onc([C@@H](CCC(N)=O)CC(=O)OC(C)(C)C)c2C2CC2)C1. The summed E-state index contributed by atoms with van der Waals surface area (Å²) in [5.41, 5.74) is 6.92. The lowest BCUT2D eigenvalue weighted by Gasteiger charge is -2.35. The maximum absolute atomic E-state index is 12.5. The number of carbonyl (C=O) groups is 2. The van der Waals surface area contributed by atoms with Crippen LogP contribution >= 0.6 is 0 Å². The average molecular weight is 419 g/mol. The summed E-state index contributed by atoms with van der Waals surface area (Å²) in [5.74, 6) is 2.58. The summed E-state index contributed by atoms with van der Waals surface area (Å²) in [5, 5.41) is 4.46. The fourth-order valence-electron chi connectivity index (χ4n) is 4.74. The van der Waals surface area contributed by atoms with Gasteiger partial charge >= 0.3 is 5.97 Å². The molecule has 2 N–H and O–H groups in total. The Morgan fingerprint density at radius 2 is 1.87 bits per heavy atom. The van der Waals surface area contributed by atoms with Crippen LogP contribution in [0, 0.1) is 11.8 Å². The van der Waals surface area contributed by atoms with E-state index in [2.05, 4.69) is 19.0 Å². The van der Waals surface area contributed by atoms with Crippen LogP contribution < -0.4 is 5.73 Å². The van der Waals surface area contributed by atoms with E-state index in [9.17, 15) is 9.59 Å². The van der Waals surface area contributed by atoms with E-state index in [1.165, 1.54) is 12.0 Å². The zero-order chi connectivity index (χ0) is 22.1. The molecule has 30 heavy (non-hydrogen) atoms. The molecule has 0 aliphatic heterocycles. The number of rotatable bonds is 10. The lowest BCUT2D eigenvalue weighted by molar-refractivity contribution is -0.155. The third-order valence-corrected chi connectivity index (χ3v) is 6.14. The van der Waals surface area contributed by atoms with E-state index in [0.717, 1.165) is 49.0 Å². The van der Waals surface area contributed by atoms with Gasteiger partial charge in [-0.05, 0) is 77.0 Å². The van der Waals surface area contributed by atoms with Gasteiger partial charge in [0.05, 0.1) is 12.1 Å².